The minimum Gasteiger partial charge on any atom is -0.326 e. The van der Waals surface area contributed by atoms with Gasteiger partial charge in [-0.3, -0.25) is 0 Å². The average Bonchev–Trinajstić information content (AvgIpc) is 2.39. The Bertz CT molecular complexity index is 683. The first kappa shape index (κ1) is 14.1. The van der Waals surface area contributed by atoms with Crippen LogP contribution in [0.4, 0.5) is 0 Å². The van der Waals surface area contributed by atoms with E-state index in [9.17, 15) is 8.42 Å². The molecule has 0 aromatic heterocycles. The third-order valence-electron chi connectivity index (χ3n) is 2.84. The summed E-state index contributed by atoms with van der Waals surface area (Å²) in [7, 11) is -3.41. The molecular weight excluding hydrogens is 282 g/mol. The Morgan fingerprint density at radius 1 is 1.00 bits per heavy atom. The molecule has 0 saturated heterocycles. The van der Waals surface area contributed by atoms with Crippen LogP contribution in [0, 0.1) is 0 Å². The number of hydrogen-bond acceptors (Lipinski definition) is 3. The van der Waals surface area contributed by atoms with Gasteiger partial charge in [0.2, 0.25) is 0 Å². The van der Waals surface area contributed by atoms with Crippen LogP contribution < -0.4 is 5.73 Å². The number of hydrogen-bond donors (Lipinski definition) is 1. The predicted octanol–water partition coefficient (Wildman–Crippen LogP) is 2.77. The molecule has 2 aromatic rings. The van der Waals surface area contributed by atoms with Crippen LogP contribution >= 0.6 is 11.6 Å². The van der Waals surface area contributed by atoms with Crippen LogP contribution in [0.1, 0.15) is 11.1 Å². The molecule has 0 aliphatic carbocycles. The predicted molar refractivity (Wildman–Crippen MR) is 76.7 cm³/mol. The second kappa shape index (κ2) is 5.74. The van der Waals surface area contributed by atoms with E-state index in [1.807, 2.05) is 18.2 Å². The summed E-state index contributed by atoms with van der Waals surface area (Å²) < 4.78 is 24.6. The first-order valence-electron chi connectivity index (χ1n) is 5.78. The molecule has 0 heterocycles. The van der Waals surface area contributed by atoms with Gasteiger partial charge in [-0.2, -0.15) is 0 Å². The van der Waals surface area contributed by atoms with Crippen LogP contribution in [0.15, 0.2) is 53.4 Å². The summed E-state index contributed by atoms with van der Waals surface area (Å²) in [5.41, 5.74) is 7.18. The van der Waals surface area contributed by atoms with Gasteiger partial charge in [0.1, 0.15) is 0 Å². The lowest BCUT2D eigenvalue weighted by molar-refractivity contribution is 0.595. The average molecular weight is 296 g/mol. The van der Waals surface area contributed by atoms with Crippen LogP contribution in [0.5, 0.6) is 0 Å². The van der Waals surface area contributed by atoms with E-state index < -0.39 is 9.84 Å². The van der Waals surface area contributed by atoms with Crippen molar-refractivity contribution in [2.24, 2.45) is 5.73 Å². The van der Waals surface area contributed by atoms with Gasteiger partial charge in [-0.25, -0.2) is 8.42 Å². The minimum absolute atomic E-state index is 0.0687. The lowest BCUT2D eigenvalue weighted by Gasteiger charge is -2.09. The quantitative estimate of drug-likeness (QED) is 0.943. The van der Waals surface area contributed by atoms with Gasteiger partial charge in [-0.05, 0) is 29.3 Å². The highest BCUT2D eigenvalue weighted by atomic mass is 35.5. The topological polar surface area (TPSA) is 60.2 Å². The maximum Gasteiger partial charge on any atom is 0.182 e. The van der Waals surface area contributed by atoms with E-state index in [4.69, 9.17) is 17.3 Å². The van der Waals surface area contributed by atoms with Crippen molar-refractivity contribution in [3.63, 3.8) is 0 Å². The van der Waals surface area contributed by atoms with Crippen LogP contribution in [0.2, 0.25) is 5.02 Å². The molecule has 0 amide bonds. The van der Waals surface area contributed by atoms with Crippen molar-refractivity contribution in [1.29, 1.82) is 0 Å². The molecule has 0 fully saturated rings. The van der Waals surface area contributed by atoms with Gasteiger partial charge in [-0.1, -0.05) is 41.9 Å². The lowest BCUT2D eigenvalue weighted by atomic mass is 10.1. The van der Waals surface area contributed by atoms with Crippen molar-refractivity contribution in [2.75, 3.05) is 0 Å². The SMILES string of the molecule is NCc1ccccc1CS(=O)(=O)c1cccc(Cl)c1. The third kappa shape index (κ3) is 3.35. The molecule has 0 unspecified atom stereocenters. The molecule has 0 radical (unpaired) electrons. The molecule has 19 heavy (non-hydrogen) atoms. The smallest absolute Gasteiger partial charge is 0.182 e. The molecule has 3 nitrogen and oxygen atoms in total. The first-order chi connectivity index (χ1) is 9.03. The fourth-order valence-corrected chi connectivity index (χ4v) is 3.55. The van der Waals surface area contributed by atoms with E-state index in [-0.39, 0.29) is 10.6 Å². The Morgan fingerprint density at radius 3 is 2.32 bits per heavy atom. The van der Waals surface area contributed by atoms with Crippen molar-refractivity contribution in [3.8, 4) is 0 Å². The molecule has 2 N–H and O–H groups in total. The summed E-state index contributed by atoms with van der Waals surface area (Å²) in [6.45, 7) is 0.321. The summed E-state index contributed by atoms with van der Waals surface area (Å²) in [5.74, 6) is -0.0687. The van der Waals surface area contributed by atoms with E-state index >= 15 is 0 Å². The molecule has 0 bridgehead atoms. The Balaban J connectivity index is 2.37. The van der Waals surface area contributed by atoms with Crippen molar-refractivity contribution in [1.82, 2.24) is 0 Å². The summed E-state index contributed by atoms with van der Waals surface area (Å²) in [6, 6.07) is 13.6. The number of sulfone groups is 1. The Kier molecular flexibility index (Phi) is 4.24. The normalized spacial score (nSPS) is 11.5. The summed E-state index contributed by atoms with van der Waals surface area (Å²) in [6.07, 6.45) is 0. The number of rotatable bonds is 4. The summed E-state index contributed by atoms with van der Waals surface area (Å²) in [5, 5.41) is 0.410. The van der Waals surface area contributed by atoms with Crippen LogP contribution in [0.3, 0.4) is 0 Å². The second-order valence-electron chi connectivity index (χ2n) is 4.19. The lowest BCUT2D eigenvalue weighted by Crippen LogP contribution is -2.09. The van der Waals surface area contributed by atoms with Gasteiger partial charge in [0, 0.05) is 11.6 Å². The largest absolute Gasteiger partial charge is 0.326 e. The monoisotopic (exact) mass is 295 g/mol. The minimum atomic E-state index is -3.41. The maximum absolute atomic E-state index is 12.3. The molecule has 100 valence electrons. The van der Waals surface area contributed by atoms with Crippen molar-refractivity contribution < 1.29 is 8.42 Å². The Labute approximate surface area is 117 Å². The summed E-state index contributed by atoms with van der Waals surface area (Å²) >= 11 is 5.83. The van der Waals surface area contributed by atoms with E-state index in [2.05, 4.69) is 0 Å². The van der Waals surface area contributed by atoms with Gasteiger partial charge < -0.3 is 5.73 Å². The molecule has 2 aromatic carbocycles. The first-order valence-corrected chi connectivity index (χ1v) is 7.81. The third-order valence-corrected chi connectivity index (χ3v) is 4.74. The number of benzene rings is 2. The standard InChI is InChI=1S/C14H14ClNO2S/c15-13-6-3-7-14(8-13)19(17,18)10-12-5-2-1-4-11(12)9-16/h1-8H,9-10,16H2. The highest BCUT2D eigenvalue weighted by Gasteiger charge is 2.17. The zero-order valence-electron chi connectivity index (χ0n) is 10.2. The van der Waals surface area contributed by atoms with Gasteiger partial charge in [0.25, 0.3) is 0 Å². The summed E-state index contributed by atoms with van der Waals surface area (Å²) in [4.78, 5) is 0.229. The molecule has 0 spiro atoms. The Hall–Kier alpha value is -1.36. The van der Waals surface area contributed by atoms with E-state index in [0.717, 1.165) is 11.1 Å². The van der Waals surface area contributed by atoms with E-state index in [1.165, 1.54) is 6.07 Å². The fraction of sp³-hybridized carbons (Fsp3) is 0.143. The number of halogens is 1. The highest BCUT2D eigenvalue weighted by Crippen LogP contribution is 2.21. The van der Waals surface area contributed by atoms with E-state index in [0.29, 0.717) is 11.6 Å². The van der Waals surface area contributed by atoms with Crippen LogP contribution in [-0.2, 0) is 22.1 Å². The Morgan fingerprint density at radius 2 is 1.68 bits per heavy atom. The molecule has 0 aliphatic rings. The molecule has 0 saturated carbocycles. The van der Waals surface area contributed by atoms with Gasteiger partial charge >= 0.3 is 0 Å². The van der Waals surface area contributed by atoms with Gasteiger partial charge in [0.15, 0.2) is 9.84 Å². The van der Waals surface area contributed by atoms with Gasteiger partial charge in [0.05, 0.1) is 10.6 Å². The molecule has 0 aliphatic heterocycles. The van der Waals surface area contributed by atoms with Crippen molar-refractivity contribution in [2.45, 2.75) is 17.2 Å². The van der Waals surface area contributed by atoms with Crippen LogP contribution in [0.25, 0.3) is 0 Å². The van der Waals surface area contributed by atoms with Crippen molar-refractivity contribution >= 4 is 21.4 Å². The molecular formula is C14H14ClNO2S. The number of nitrogens with two attached hydrogens (primary N) is 1. The maximum atomic E-state index is 12.3. The van der Waals surface area contributed by atoms with Gasteiger partial charge in [-0.15, -0.1) is 0 Å². The molecule has 5 heteroatoms. The highest BCUT2D eigenvalue weighted by molar-refractivity contribution is 7.90. The molecule has 0 atom stereocenters. The van der Waals surface area contributed by atoms with E-state index in [1.54, 1.807) is 24.3 Å². The zero-order chi connectivity index (χ0) is 13.9. The second-order valence-corrected chi connectivity index (χ2v) is 6.62. The fourth-order valence-electron chi connectivity index (χ4n) is 1.85. The zero-order valence-corrected chi connectivity index (χ0v) is 11.8. The van der Waals surface area contributed by atoms with Crippen LogP contribution in [-0.4, -0.2) is 8.42 Å². The molecule has 2 rings (SSSR count). The van der Waals surface area contributed by atoms with Crippen molar-refractivity contribution in [3.05, 3.63) is 64.7 Å².